The summed E-state index contributed by atoms with van der Waals surface area (Å²) in [5, 5.41) is 4.78. The van der Waals surface area contributed by atoms with Crippen LogP contribution in [-0.4, -0.2) is 33.4 Å². The van der Waals surface area contributed by atoms with Crippen LogP contribution in [0.2, 0.25) is 0 Å². The van der Waals surface area contributed by atoms with Crippen molar-refractivity contribution in [1.29, 1.82) is 0 Å². The summed E-state index contributed by atoms with van der Waals surface area (Å²) in [5.41, 5.74) is 1.14. The molecular formula is C17H23BrN4OS. The Morgan fingerprint density at radius 3 is 2.79 bits per heavy atom. The van der Waals surface area contributed by atoms with Crippen molar-refractivity contribution in [2.45, 2.75) is 45.4 Å². The molecule has 0 aliphatic heterocycles. The SMILES string of the molecule is CCn1c(C2CC2)nn(CN(C)Cc2cc(Br)ccc2OC)c1=S. The van der Waals surface area contributed by atoms with E-state index in [9.17, 15) is 0 Å². The summed E-state index contributed by atoms with van der Waals surface area (Å²) >= 11 is 9.14. The van der Waals surface area contributed by atoms with E-state index in [2.05, 4.69) is 45.4 Å². The van der Waals surface area contributed by atoms with Crippen molar-refractivity contribution < 1.29 is 4.74 Å². The molecule has 0 unspecified atom stereocenters. The standard InChI is InChI=1S/C17H23BrN4OS/c1-4-21-16(12-5-6-12)19-22(17(21)24)11-20(2)10-13-9-14(18)7-8-15(13)23-3/h7-9,12H,4-6,10-11H2,1-3H3. The van der Waals surface area contributed by atoms with Crippen LogP contribution >= 0.6 is 28.1 Å². The van der Waals surface area contributed by atoms with Gasteiger partial charge >= 0.3 is 0 Å². The molecule has 24 heavy (non-hydrogen) atoms. The number of benzene rings is 1. The van der Waals surface area contributed by atoms with Gasteiger partial charge in [0.25, 0.3) is 0 Å². The van der Waals surface area contributed by atoms with Gasteiger partial charge in [0.1, 0.15) is 11.6 Å². The van der Waals surface area contributed by atoms with Gasteiger partial charge in [0.05, 0.1) is 13.8 Å². The second-order valence-electron chi connectivity index (χ2n) is 6.27. The Bertz CT molecular complexity index is 781. The van der Waals surface area contributed by atoms with Crippen molar-refractivity contribution in [3.63, 3.8) is 0 Å². The zero-order chi connectivity index (χ0) is 17.3. The maximum absolute atomic E-state index is 5.62. The highest BCUT2D eigenvalue weighted by Crippen LogP contribution is 2.39. The smallest absolute Gasteiger partial charge is 0.199 e. The third-order valence-corrected chi connectivity index (χ3v) is 5.19. The van der Waals surface area contributed by atoms with Crippen molar-refractivity contribution in [3.05, 3.63) is 38.8 Å². The Balaban J connectivity index is 1.77. The van der Waals surface area contributed by atoms with Crippen LogP contribution in [0.15, 0.2) is 22.7 Å². The molecule has 1 aromatic heterocycles. The number of hydrogen-bond acceptors (Lipinski definition) is 4. The van der Waals surface area contributed by atoms with Gasteiger partial charge in [-0.3, -0.25) is 4.90 Å². The van der Waals surface area contributed by atoms with Crippen molar-refractivity contribution in [1.82, 2.24) is 19.2 Å². The lowest BCUT2D eigenvalue weighted by molar-refractivity contribution is 0.240. The molecule has 0 bridgehead atoms. The van der Waals surface area contributed by atoms with E-state index in [0.717, 1.165) is 39.5 Å². The van der Waals surface area contributed by atoms with E-state index in [1.807, 2.05) is 16.8 Å². The molecule has 2 aromatic rings. The molecule has 1 saturated carbocycles. The molecule has 1 heterocycles. The zero-order valence-electron chi connectivity index (χ0n) is 14.3. The highest BCUT2D eigenvalue weighted by molar-refractivity contribution is 9.10. The molecule has 1 aromatic carbocycles. The zero-order valence-corrected chi connectivity index (χ0v) is 16.7. The number of rotatable bonds is 7. The molecule has 0 N–H and O–H groups in total. The maximum atomic E-state index is 5.62. The van der Waals surface area contributed by atoms with Gasteiger partial charge in [0, 0.05) is 29.0 Å². The van der Waals surface area contributed by atoms with Gasteiger partial charge in [-0.15, -0.1) is 0 Å². The van der Waals surface area contributed by atoms with Crippen LogP contribution in [0.3, 0.4) is 0 Å². The third-order valence-electron chi connectivity index (χ3n) is 4.27. The van der Waals surface area contributed by atoms with Crippen LogP contribution in [0.1, 0.15) is 37.1 Å². The Kier molecular flexibility index (Phi) is 5.42. The van der Waals surface area contributed by atoms with Gasteiger partial charge in [-0.05, 0) is 57.2 Å². The lowest BCUT2D eigenvalue weighted by atomic mass is 10.2. The number of nitrogens with zero attached hydrogens (tertiary/aromatic N) is 4. The second-order valence-corrected chi connectivity index (χ2v) is 7.55. The molecular weight excluding hydrogens is 388 g/mol. The third kappa shape index (κ3) is 3.73. The van der Waals surface area contributed by atoms with E-state index in [1.165, 1.54) is 12.8 Å². The summed E-state index contributed by atoms with van der Waals surface area (Å²) in [4.78, 5) is 2.20. The molecule has 0 saturated heterocycles. The molecule has 0 spiro atoms. The average molecular weight is 411 g/mol. The molecule has 0 atom stereocenters. The van der Waals surface area contributed by atoms with E-state index in [4.69, 9.17) is 22.1 Å². The summed E-state index contributed by atoms with van der Waals surface area (Å²) in [5.74, 6) is 2.64. The summed E-state index contributed by atoms with van der Waals surface area (Å²) in [6, 6.07) is 6.06. The Morgan fingerprint density at radius 2 is 2.17 bits per heavy atom. The van der Waals surface area contributed by atoms with Gasteiger partial charge < -0.3 is 9.30 Å². The quantitative estimate of drug-likeness (QED) is 0.641. The van der Waals surface area contributed by atoms with E-state index in [-0.39, 0.29) is 0 Å². The molecule has 5 nitrogen and oxygen atoms in total. The normalized spacial score (nSPS) is 14.4. The highest BCUT2D eigenvalue weighted by Gasteiger charge is 2.29. The largest absolute Gasteiger partial charge is 0.496 e. The highest BCUT2D eigenvalue weighted by atomic mass is 79.9. The lowest BCUT2D eigenvalue weighted by Crippen LogP contribution is -2.23. The number of methoxy groups -OCH3 is 1. The van der Waals surface area contributed by atoms with E-state index < -0.39 is 0 Å². The Labute approximate surface area is 156 Å². The van der Waals surface area contributed by atoms with Crippen LogP contribution in [0, 0.1) is 4.77 Å². The summed E-state index contributed by atoms with van der Waals surface area (Å²) in [7, 11) is 3.78. The van der Waals surface area contributed by atoms with Crippen LogP contribution in [0.5, 0.6) is 5.75 Å². The van der Waals surface area contributed by atoms with Gasteiger partial charge in [0.15, 0.2) is 4.77 Å². The molecule has 0 radical (unpaired) electrons. The monoisotopic (exact) mass is 410 g/mol. The second kappa shape index (κ2) is 7.37. The van der Waals surface area contributed by atoms with Crippen molar-refractivity contribution in [2.75, 3.05) is 14.2 Å². The van der Waals surface area contributed by atoms with Gasteiger partial charge in [0.2, 0.25) is 0 Å². The molecule has 7 heteroatoms. The minimum atomic E-state index is 0.600. The fourth-order valence-electron chi connectivity index (χ4n) is 2.93. The van der Waals surface area contributed by atoms with E-state index >= 15 is 0 Å². The molecule has 130 valence electrons. The van der Waals surface area contributed by atoms with Crippen LogP contribution in [0.4, 0.5) is 0 Å². The fourth-order valence-corrected chi connectivity index (χ4v) is 3.66. The predicted molar refractivity (Wildman–Crippen MR) is 101 cm³/mol. The number of aromatic nitrogens is 3. The van der Waals surface area contributed by atoms with Crippen LogP contribution in [-0.2, 0) is 19.8 Å². The number of halogens is 1. The van der Waals surface area contributed by atoms with Crippen molar-refractivity contribution in [3.8, 4) is 5.75 Å². The van der Waals surface area contributed by atoms with E-state index in [1.54, 1.807) is 7.11 Å². The first-order chi connectivity index (χ1) is 11.5. The predicted octanol–water partition coefficient (Wildman–Crippen LogP) is 4.17. The number of ether oxygens (including phenoxy) is 1. The van der Waals surface area contributed by atoms with Crippen LogP contribution < -0.4 is 4.74 Å². The first-order valence-electron chi connectivity index (χ1n) is 8.22. The summed E-state index contributed by atoms with van der Waals surface area (Å²) in [6.07, 6.45) is 2.47. The molecule has 1 aliphatic rings. The Hall–Kier alpha value is -1.18. The maximum Gasteiger partial charge on any atom is 0.199 e. The fraction of sp³-hybridized carbons (Fsp3) is 0.529. The van der Waals surface area contributed by atoms with E-state index in [0.29, 0.717) is 12.6 Å². The number of hydrogen-bond donors (Lipinski definition) is 0. The van der Waals surface area contributed by atoms with Gasteiger partial charge in [-0.1, -0.05) is 15.9 Å². The molecule has 1 fully saturated rings. The molecule has 3 rings (SSSR count). The summed E-state index contributed by atoms with van der Waals surface area (Å²) in [6.45, 7) is 4.45. The molecule has 1 aliphatic carbocycles. The van der Waals surface area contributed by atoms with Gasteiger partial charge in [-0.2, -0.15) is 5.10 Å². The lowest BCUT2D eigenvalue weighted by Gasteiger charge is -2.18. The molecule has 0 amide bonds. The summed E-state index contributed by atoms with van der Waals surface area (Å²) < 4.78 is 11.4. The first-order valence-corrected chi connectivity index (χ1v) is 9.42. The van der Waals surface area contributed by atoms with Gasteiger partial charge in [-0.25, -0.2) is 4.68 Å². The minimum Gasteiger partial charge on any atom is -0.496 e. The van der Waals surface area contributed by atoms with Crippen LogP contribution in [0.25, 0.3) is 0 Å². The first kappa shape index (κ1) is 17.6. The minimum absolute atomic E-state index is 0.600. The topological polar surface area (TPSA) is 35.2 Å². The van der Waals surface area contributed by atoms with Crippen molar-refractivity contribution in [2.24, 2.45) is 0 Å². The Morgan fingerprint density at radius 1 is 1.42 bits per heavy atom. The average Bonchev–Trinajstić information content (AvgIpc) is 3.34. The van der Waals surface area contributed by atoms with Crippen molar-refractivity contribution >= 4 is 28.1 Å².